The third kappa shape index (κ3) is 2.48. The Morgan fingerprint density at radius 3 is 2.42 bits per heavy atom. The Balaban J connectivity index is 2.39. The first kappa shape index (κ1) is 10.0. The van der Waals surface area contributed by atoms with Gasteiger partial charge in [0.1, 0.15) is 0 Å². The highest BCUT2D eigenvalue weighted by molar-refractivity contribution is 4.84. The summed E-state index contributed by atoms with van der Waals surface area (Å²) in [6.45, 7) is 7.00. The summed E-state index contributed by atoms with van der Waals surface area (Å²) >= 11 is 0. The molecule has 0 radical (unpaired) electrons. The number of rotatable bonds is 3. The fraction of sp³-hybridized carbons (Fsp3) is 1.00. The zero-order chi connectivity index (χ0) is 9.19. The third-order valence-corrected chi connectivity index (χ3v) is 3.49. The van der Waals surface area contributed by atoms with Crippen LogP contribution in [0.25, 0.3) is 0 Å². The van der Waals surface area contributed by atoms with Crippen molar-refractivity contribution in [1.29, 1.82) is 0 Å². The van der Waals surface area contributed by atoms with Crippen molar-refractivity contribution in [3.63, 3.8) is 0 Å². The summed E-state index contributed by atoms with van der Waals surface area (Å²) < 4.78 is 0. The highest BCUT2D eigenvalue weighted by atomic mass is 14.7. The quantitative estimate of drug-likeness (QED) is 0.690. The van der Waals surface area contributed by atoms with E-state index in [2.05, 4.69) is 20.8 Å². The monoisotopic (exact) mass is 169 g/mol. The summed E-state index contributed by atoms with van der Waals surface area (Å²) in [4.78, 5) is 0. The average Bonchev–Trinajstić information content (AvgIpc) is 2.36. The Kier molecular flexibility index (Phi) is 3.16. The van der Waals surface area contributed by atoms with Crippen LogP contribution in [-0.2, 0) is 0 Å². The van der Waals surface area contributed by atoms with Crippen molar-refractivity contribution in [2.45, 2.75) is 58.9 Å². The lowest BCUT2D eigenvalue weighted by atomic mass is 9.79. The van der Waals surface area contributed by atoms with Crippen LogP contribution in [-0.4, -0.2) is 6.04 Å². The molecule has 0 amide bonds. The molecule has 0 spiro atoms. The summed E-state index contributed by atoms with van der Waals surface area (Å²) in [5, 5.41) is 0. The van der Waals surface area contributed by atoms with Gasteiger partial charge in [0, 0.05) is 6.04 Å². The molecule has 1 aliphatic rings. The summed E-state index contributed by atoms with van der Waals surface area (Å²) in [6, 6.07) is 0.496. The third-order valence-electron chi connectivity index (χ3n) is 3.49. The smallest absolute Gasteiger partial charge is 0.00673 e. The van der Waals surface area contributed by atoms with Crippen LogP contribution in [0.5, 0.6) is 0 Å². The summed E-state index contributed by atoms with van der Waals surface area (Å²) in [5.74, 6) is 0.806. The molecule has 0 aromatic heterocycles. The lowest BCUT2D eigenvalue weighted by Gasteiger charge is -2.28. The van der Waals surface area contributed by atoms with E-state index in [1.165, 1.54) is 32.1 Å². The molecule has 1 fully saturated rings. The summed E-state index contributed by atoms with van der Waals surface area (Å²) in [6.07, 6.45) is 6.57. The summed E-state index contributed by atoms with van der Waals surface area (Å²) in [7, 11) is 0. The first-order chi connectivity index (χ1) is 5.55. The number of hydrogen-bond donors (Lipinski definition) is 1. The molecule has 1 saturated carbocycles. The molecule has 0 aromatic rings. The average molecular weight is 169 g/mol. The SMILES string of the molecule is CCC(C)(C)C[C@H]1CCC[C@H]1N. The van der Waals surface area contributed by atoms with Crippen LogP contribution in [0.15, 0.2) is 0 Å². The van der Waals surface area contributed by atoms with E-state index in [9.17, 15) is 0 Å². The Hall–Kier alpha value is -0.0400. The first-order valence-electron chi connectivity index (χ1n) is 5.31. The Labute approximate surface area is 76.7 Å². The largest absolute Gasteiger partial charge is 0.327 e. The van der Waals surface area contributed by atoms with E-state index in [1.807, 2.05) is 0 Å². The van der Waals surface area contributed by atoms with E-state index >= 15 is 0 Å². The zero-order valence-electron chi connectivity index (χ0n) is 8.77. The maximum Gasteiger partial charge on any atom is 0.00673 e. The second-order valence-corrected chi connectivity index (χ2v) is 5.08. The van der Waals surface area contributed by atoms with Crippen molar-refractivity contribution >= 4 is 0 Å². The van der Waals surface area contributed by atoms with E-state index in [0.717, 1.165) is 5.92 Å². The van der Waals surface area contributed by atoms with E-state index in [4.69, 9.17) is 5.73 Å². The molecule has 1 aliphatic carbocycles. The van der Waals surface area contributed by atoms with E-state index in [1.54, 1.807) is 0 Å². The van der Waals surface area contributed by atoms with Gasteiger partial charge in [-0.1, -0.05) is 33.6 Å². The second kappa shape index (κ2) is 3.78. The molecule has 2 atom stereocenters. The van der Waals surface area contributed by atoms with Crippen molar-refractivity contribution in [3.05, 3.63) is 0 Å². The van der Waals surface area contributed by atoms with Gasteiger partial charge in [-0.05, 0) is 30.6 Å². The fourth-order valence-corrected chi connectivity index (χ4v) is 2.17. The molecule has 0 aromatic carbocycles. The van der Waals surface area contributed by atoms with Crippen LogP contribution in [0.1, 0.15) is 52.9 Å². The van der Waals surface area contributed by atoms with Gasteiger partial charge in [0.25, 0.3) is 0 Å². The van der Waals surface area contributed by atoms with Crippen LogP contribution < -0.4 is 5.73 Å². The molecule has 0 aliphatic heterocycles. The normalized spacial score (nSPS) is 31.0. The van der Waals surface area contributed by atoms with Gasteiger partial charge in [0.05, 0.1) is 0 Å². The molecule has 1 rings (SSSR count). The predicted molar refractivity (Wildman–Crippen MR) is 54.0 cm³/mol. The lowest BCUT2D eigenvalue weighted by Crippen LogP contribution is -2.28. The second-order valence-electron chi connectivity index (χ2n) is 5.08. The summed E-state index contributed by atoms with van der Waals surface area (Å²) in [5.41, 5.74) is 6.55. The topological polar surface area (TPSA) is 26.0 Å². The van der Waals surface area contributed by atoms with Crippen molar-refractivity contribution in [2.75, 3.05) is 0 Å². The van der Waals surface area contributed by atoms with E-state index < -0.39 is 0 Å². The van der Waals surface area contributed by atoms with Crippen LogP contribution in [0.4, 0.5) is 0 Å². The van der Waals surface area contributed by atoms with Crippen LogP contribution >= 0.6 is 0 Å². The molecule has 1 nitrogen and oxygen atoms in total. The molecule has 72 valence electrons. The fourth-order valence-electron chi connectivity index (χ4n) is 2.17. The van der Waals surface area contributed by atoms with Gasteiger partial charge < -0.3 is 5.73 Å². The maximum atomic E-state index is 6.04. The molecule has 0 unspecified atom stereocenters. The van der Waals surface area contributed by atoms with Gasteiger partial charge in [-0.25, -0.2) is 0 Å². The van der Waals surface area contributed by atoms with Gasteiger partial charge in [-0.2, -0.15) is 0 Å². The van der Waals surface area contributed by atoms with Crippen molar-refractivity contribution in [2.24, 2.45) is 17.1 Å². The van der Waals surface area contributed by atoms with Crippen molar-refractivity contribution in [3.8, 4) is 0 Å². The minimum atomic E-state index is 0.496. The Morgan fingerprint density at radius 2 is 2.00 bits per heavy atom. The minimum Gasteiger partial charge on any atom is -0.327 e. The molecule has 0 saturated heterocycles. The lowest BCUT2D eigenvalue weighted by molar-refractivity contribution is 0.246. The minimum absolute atomic E-state index is 0.496. The van der Waals surface area contributed by atoms with Crippen LogP contribution in [0.2, 0.25) is 0 Å². The zero-order valence-corrected chi connectivity index (χ0v) is 8.77. The highest BCUT2D eigenvalue weighted by Gasteiger charge is 2.29. The maximum absolute atomic E-state index is 6.04. The molecule has 0 heterocycles. The first-order valence-corrected chi connectivity index (χ1v) is 5.31. The van der Waals surface area contributed by atoms with E-state index in [0.29, 0.717) is 11.5 Å². The van der Waals surface area contributed by atoms with Gasteiger partial charge in [-0.15, -0.1) is 0 Å². The van der Waals surface area contributed by atoms with Gasteiger partial charge >= 0.3 is 0 Å². The molecule has 2 N–H and O–H groups in total. The highest BCUT2D eigenvalue weighted by Crippen LogP contribution is 2.36. The van der Waals surface area contributed by atoms with E-state index in [-0.39, 0.29) is 0 Å². The van der Waals surface area contributed by atoms with Gasteiger partial charge in [0.15, 0.2) is 0 Å². The standard InChI is InChI=1S/C11H23N/c1-4-11(2,3)8-9-6-5-7-10(9)12/h9-10H,4-8,12H2,1-3H3/t9-,10-/m1/s1. The Bertz CT molecular complexity index is 140. The number of hydrogen-bond acceptors (Lipinski definition) is 1. The molecule has 1 heteroatoms. The molecule has 12 heavy (non-hydrogen) atoms. The van der Waals surface area contributed by atoms with Crippen LogP contribution in [0.3, 0.4) is 0 Å². The van der Waals surface area contributed by atoms with Gasteiger partial charge in [-0.3, -0.25) is 0 Å². The predicted octanol–water partition coefficient (Wildman–Crippen LogP) is 2.94. The Morgan fingerprint density at radius 1 is 1.33 bits per heavy atom. The molecule has 0 bridgehead atoms. The number of nitrogens with two attached hydrogens (primary N) is 1. The van der Waals surface area contributed by atoms with Crippen molar-refractivity contribution < 1.29 is 0 Å². The molecular weight excluding hydrogens is 146 g/mol. The van der Waals surface area contributed by atoms with Crippen molar-refractivity contribution in [1.82, 2.24) is 0 Å². The van der Waals surface area contributed by atoms with Crippen LogP contribution in [0, 0.1) is 11.3 Å². The molecular formula is C11H23N. The van der Waals surface area contributed by atoms with Gasteiger partial charge in [0.2, 0.25) is 0 Å².